The zero-order valence-corrected chi connectivity index (χ0v) is 12.1. The van der Waals surface area contributed by atoms with Crippen molar-refractivity contribution in [2.75, 3.05) is 26.7 Å². The van der Waals surface area contributed by atoms with Gasteiger partial charge in [-0.25, -0.2) is 4.98 Å². The van der Waals surface area contributed by atoms with Crippen LogP contribution in [0.15, 0.2) is 10.9 Å². The molecule has 0 bridgehead atoms. The van der Waals surface area contributed by atoms with Crippen LogP contribution in [0.5, 0.6) is 0 Å². The molecule has 1 heterocycles. The van der Waals surface area contributed by atoms with Crippen molar-refractivity contribution in [1.29, 1.82) is 0 Å². The minimum absolute atomic E-state index is 0.329. The van der Waals surface area contributed by atoms with Crippen molar-refractivity contribution in [2.24, 2.45) is 7.05 Å². The van der Waals surface area contributed by atoms with Gasteiger partial charge in [0.2, 0.25) is 0 Å². The Bertz CT molecular complexity index is 320. The molecule has 0 saturated carbocycles. The number of nitrogens with zero attached hydrogens (tertiary/aromatic N) is 3. The highest BCUT2D eigenvalue weighted by molar-refractivity contribution is 9.10. The number of imidazole rings is 1. The Labute approximate surface area is 106 Å². The summed E-state index contributed by atoms with van der Waals surface area (Å²) in [5.41, 5.74) is 1.11. The molecule has 0 spiro atoms. The minimum Gasteiger partial charge on any atom is -0.328 e. The minimum atomic E-state index is 0.329. The van der Waals surface area contributed by atoms with E-state index in [1.807, 2.05) is 25.0 Å². The molecule has 0 aliphatic carbocycles. The third kappa shape index (κ3) is 2.84. The molecule has 1 atom stereocenters. The molecule has 4 nitrogen and oxygen atoms in total. The normalized spacial score (nSPS) is 13.4. The van der Waals surface area contributed by atoms with E-state index in [-0.39, 0.29) is 0 Å². The topological polar surface area (TPSA) is 33.1 Å². The lowest BCUT2D eigenvalue weighted by Gasteiger charge is -2.28. The Hall–Kier alpha value is -0.390. The fraction of sp³-hybridized carbons (Fsp3) is 0.727. The molecule has 0 amide bonds. The summed E-state index contributed by atoms with van der Waals surface area (Å²) in [4.78, 5) is 6.89. The van der Waals surface area contributed by atoms with Crippen LogP contribution >= 0.6 is 15.9 Å². The van der Waals surface area contributed by atoms with E-state index >= 15 is 0 Å². The molecule has 16 heavy (non-hydrogen) atoms. The molecule has 0 aromatic carbocycles. The first-order valence-corrected chi connectivity index (χ1v) is 6.50. The van der Waals surface area contributed by atoms with E-state index in [1.54, 1.807) is 0 Å². The van der Waals surface area contributed by atoms with Gasteiger partial charge in [-0.2, -0.15) is 0 Å². The van der Waals surface area contributed by atoms with Gasteiger partial charge in [-0.15, -0.1) is 0 Å². The van der Waals surface area contributed by atoms with Crippen LogP contribution in [0.2, 0.25) is 0 Å². The Kier molecular flexibility index (Phi) is 5.44. The predicted molar refractivity (Wildman–Crippen MR) is 70.5 cm³/mol. The van der Waals surface area contributed by atoms with Crippen LogP contribution in [0, 0.1) is 0 Å². The fourth-order valence-corrected chi connectivity index (χ4v) is 2.37. The van der Waals surface area contributed by atoms with Crippen LogP contribution in [-0.2, 0) is 7.05 Å². The highest BCUT2D eigenvalue weighted by Crippen LogP contribution is 2.25. The summed E-state index contributed by atoms with van der Waals surface area (Å²) in [7, 11) is 3.98. The summed E-state index contributed by atoms with van der Waals surface area (Å²) in [5.74, 6) is 0. The van der Waals surface area contributed by atoms with Crippen LogP contribution < -0.4 is 5.32 Å². The maximum atomic E-state index is 4.49. The van der Waals surface area contributed by atoms with E-state index in [0.29, 0.717) is 6.04 Å². The van der Waals surface area contributed by atoms with Crippen molar-refractivity contribution in [3.05, 3.63) is 16.6 Å². The van der Waals surface area contributed by atoms with Gasteiger partial charge in [0, 0.05) is 13.6 Å². The van der Waals surface area contributed by atoms with Crippen molar-refractivity contribution >= 4 is 15.9 Å². The Morgan fingerprint density at radius 1 is 1.50 bits per heavy atom. The van der Waals surface area contributed by atoms with Crippen LogP contribution in [0.1, 0.15) is 25.6 Å². The van der Waals surface area contributed by atoms with Gasteiger partial charge in [0.05, 0.1) is 18.1 Å². The highest BCUT2D eigenvalue weighted by atomic mass is 79.9. The average Bonchev–Trinajstić information content (AvgIpc) is 2.60. The molecule has 5 heteroatoms. The van der Waals surface area contributed by atoms with Gasteiger partial charge in [0.15, 0.2) is 0 Å². The summed E-state index contributed by atoms with van der Waals surface area (Å²) in [6.45, 7) is 7.35. The lowest BCUT2D eigenvalue weighted by Crippen LogP contribution is -2.35. The van der Waals surface area contributed by atoms with Crippen LogP contribution in [0.3, 0.4) is 0 Å². The van der Waals surface area contributed by atoms with E-state index < -0.39 is 0 Å². The van der Waals surface area contributed by atoms with Gasteiger partial charge in [0.25, 0.3) is 0 Å². The maximum absolute atomic E-state index is 4.49. The van der Waals surface area contributed by atoms with Crippen LogP contribution in [0.4, 0.5) is 0 Å². The summed E-state index contributed by atoms with van der Waals surface area (Å²) in [5, 5.41) is 3.24. The van der Waals surface area contributed by atoms with E-state index in [2.05, 4.69) is 45.0 Å². The quantitative estimate of drug-likeness (QED) is 0.866. The third-order valence-corrected chi connectivity index (χ3v) is 3.82. The molecule has 1 aromatic heterocycles. The van der Waals surface area contributed by atoms with E-state index in [9.17, 15) is 0 Å². The number of halogens is 1. The number of rotatable bonds is 6. The summed E-state index contributed by atoms with van der Waals surface area (Å²) >= 11 is 3.59. The Morgan fingerprint density at radius 2 is 2.12 bits per heavy atom. The second-order valence-electron chi connectivity index (χ2n) is 3.83. The van der Waals surface area contributed by atoms with Gasteiger partial charge in [-0.3, -0.25) is 4.90 Å². The van der Waals surface area contributed by atoms with Crippen molar-refractivity contribution in [1.82, 2.24) is 19.8 Å². The van der Waals surface area contributed by atoms with Crippen molar-refractivity contribution in [3.8, 4) is 0 Å². The number of hydrogen-bond acceptors (Lipinski definition) is 3. The first-order valence-electron chi connectivity index (χ1n) is 5.71. The number of hydrogen-bond donors (Lipinski definition) is 1. The maximum Gasteiger partial charge on any atom is 0.109 e. The van der Waals surface area contributed by atoms with Gasteiger partial charge < -0.3 is 9.88 Å². The van der Waals surface area contributed by atoms with Crippen molar-refractivity contribution in [3.63, 3.8) is 0 Å². The standard InChI is InChI=1S/C11H21BrN4/c1-5-16(6-2)9(7-13-3)10-11(12)15(4)8-14-10/h8-9,13H,5-7H2,1-4H3. The first kappa shape index (κ1) is 13.7. The monoisotopic (exact) mass is 288 g/mol. The summed E-state index contributed by atoms with van der Waals surface area (Å²) in [6.07, 6.45) is 1.85. The fourth-order valence-electron chi connectivity index (χ4n) is 1.91. The SMILES string of the molecule is CCN(CC)C(CNC)c1ncn(C)c1Br. The third-order valence-electron chi connectivity index (χ3n) is 2.86. The van der Waals surface area contributed by atoms with E-state index in [1.165, 1.54) is 0 Å². The van der Waals surface area contributed by atoms with Gasteiger partial charge >= 0.3 is 0 Å². The van der Waals surface area contributed by atoms with Gasteiger partial charge in [0.1, 0.15) is 4.60 Å². The molecule has 0 aliphatic heterocycles. The Balaban J connectivity index is 2.96. The number of nitrogens with one attached hydrogen (secondary N) is 1. The molecule has 92 valence electrons. The first-order chi connectivity index (χ1) is 7.65. The summed E-state index contributed by atoms with van der Waals surface area (Å²) in [6, 6.07) is 0.329. The summed E-state index contributed by atoms with van der Waals surface area (Å²) < 4.78 is 3.07. The van der Waals surface area contributed by atoms with Crippen LogP contribution in [-0.4, -0.2) is 41.1 Å². The van der Waals surface area contributed by atoms with E-state index in [0.717, 1.165) is 29.9 Å². The van der Waals surface area contributed by atoms with Gasteiger partial charge in [-0.1, -0.05) is 13.8 Å². The average molecular weight is 289 g/mol. The number of aromatic nitrogens is 2. The lowest BCUT2D eigenvalue weighted by atomic mass is 10.2. The second-order valence-corrected chi connectivity index (χ2v) is 4.58. The molecular formula is C11H21BrN4. The highest BCUT2D eigenvalue weighted by Gasteiger charge is 2.22. The molecule has 0 aliphatic rings. The molecule has 1 unspecified atom stereocenters. The van der Waals surface area contributed by atoms with Crippen molar-refractivity contribution in [2.45, 2.75) is 19.9 Å². The largest absolute Gasteiger partial charge is 0.328 e. The molecule has 0 fully saturated rings. The molecule has 0 saturated heterocycles. The zero-order chi connectivity index (χ0) is 12.1. The molecule has 0 radical (unpaired) electrons. The molecule has 1 N–H and O–H groups in total. The zero-order valence-electron chi connectivity index (χ0n) is 10.5. The Morgan fingerprint density at radius 3 is 2.50 bits per heavy atom. The lowest BCUT2D eigenvalue weighted by molar-refractivity contribution is 0.212. The molecule has 1 rings (SSSR count). The van der Waals surface area contributed by atoms with Gasteiger partial charge in [-0.05, 0) is 36.1 Å². The van der Waals surface area contributed by atoms with Crippen molar-refractivity contribution < 1.29 is 0 Å². The molecular weight excluding hydrogens is 268 g/mol. The predicted octanol–water partition coefficient (Wildman–Crippen LogP) is 1.78. The second kappa shape index (κ2) is 6.37. The number of aryl methyl sites for hydroxylation is 1. The molecule has 1 aromatic rings. The number of likely N-dealkylation sites (N-methyl/N-ethyl adjacent to an activating group) is 2. The van der Waals surface area contributed by atoms with Crippen LogP contribution in [0.25, 0.3) is 0 Å². The smallest absolute Gasteiger partial charge is 0.109 e. The van der Waals surface area contributed by atoms with E-state index in [4.69, 9.17) is 0 Å².